The van der Waals surface area contributed by atoms with Crippen LogP contribution in [0.5, 0.6) is 0 Å². The number of para-hydroxylation sites is 1. The Bertz CT molecular complexity index is 884. The highest BCUT2D eigenvalue weighted by atomic mass is 32.2. The van der Waals surface area contributed by atoms with Crippen molar-refractivity contribution in [1.82, 2.24) is 10.2 Å². The van der Waals surface area contributed by atoms with E-state index in [1.807, 2.05) is 12.1 Å². The molecule has 2 N–H and O–H groups in total. The molecule has 0 fully saturated rings. The lowest BCUT2D eigenvalue weighted by Gasteiger charge is -2.05. The SMILES string of the molecule is Cc1ccccc1CSc1nnc(NC(=O)Nc2ccccc2F)s1. The Hall–Kier alpha value is -2.45. The minimum Gasteiger partial charge on any atom is -0.305 e. The van der Waals surface area contributed by atoms with E-state index in [-0.39, 0.29) is 5.69 Å². The van der Waals surface area contributed by atoms with Gasteiger partial charge in [0.1, 0.15) is 5.82 Å². The van der Waals surface area contributed by atoms with Gasteiger partial charge in [0.2, 0.25) is 5.13 Å². The Morgan fingerprint density at radius 3 is 2.68 bits per heavy atom. The maximum absolute atomic E-state index is 13.5. The molecule has 1 heterocycles. The van der Waals surface area contributed by atoms with Gasteiger partial charge in [-0.3, -0.25) is 5.32 Å². The molecular formula is C17H15FN4OS2. The number of nitrogens with one attached hydrogen (secondary N) is 2. The average molecular weight is 374 g/mol. The van der Waals surface area contributed by atoms with Crippen LogP contribution in [0.1, 0.15) is 11.1 Å². The molecule has 1 aromatic heterocycles. The van der Waals surface area contributed by atoms with Gasteiger partial charge in [-0.05, 0) is 30.2 Å². The van der Waals surface area contributed by atoms with Gasteiger partial charge in [0, 0.05) is 5.75 Å². The monoisotopic (exact) mass is 374 g/mol. The molecule has 0 saturated heterocycles. The minimum atomic E-state index is -0.559. The van der Waals surface area contributed by atoms with Crippen LogP contribution < -0.4 is 10.6 Å². The summed E-state index contributed by atoms with van der Waals surface area (Å²) in [6, 6.07) is 13.6. The number of aromatic nitrogens is 2. The van der Waals surface area contributed by atoms with Crippen LogP contribution in [0.25, 0.3) is 0 Å². The van der Waals surface area contributed by atoms with E-state index in [0.29, 0.717) is 5.13 Å². The normalized spacial score (nSPS) is 10.5. The molecule has 0 spiro atoms. The molecule has 5 nitrogen and oxygen atoms in total. The predicted octanol–water partition coefficient (Wildman–Crippen LogP) is 4.92. The van der Waals surface area contributed by atoms with E-state index >= 15 is 0 Å². The first kappa shape index (κ1) is 17.4. The molecule has 0 aliphatic heterocycles. The van der Waals surface area contributed by atoms with E-state index in [2.05, 4.69) is 39.9 Å². The third-order valence-corrected chi connectivity index (χ3v) is 5.38. The van der Waals surface area contributed by atoms with Gasteiger partial charge in [-0.2, -0.15) is 0 Å². The Morgan fingerprint density at radius 2 is 1.88 bits per heavy atom. The molecule has 0 saturated carbocycles. The second-order valence-corrected chi connectivity index (χ2v) is 7.35. The molecule has 0 bridgehead atoms. The van der Waals surface area contributed by atoms with Gasteiger partial charge in [0.05, 0.1) is 5.69 Å². The van der Waals surface area contributed by atoms with Crippen LogP contribution in [0, 0.1) is 12.7 Å². The summed E-state index contributed by atoms with van der Waals surface area (Å²) in [5.41, 5.74) is 2.57. The summed E-state index contributed by atoms with van der Waals surface area (Å²) < 4.78 is 14.3. The third kappa shape index (κ3) is 4.77. The number of hydrogen-bond donors (Lipinski definition) is 2. The fraction of sp³-hybridized carbons (Fsp3) is 0.118. The maximum Gasteiger partial charge on any atom is 0.325 e. The van der Waals surface area contributed by atoms with Gasteiger partial charge >= 0.3 is 6.03 Å². The van der Waals surface area contributed by atoms with Crippen LogP contribution in [-0.2, 0) is 5.75 Å². The van der Waals surface area contributed by atoms with Crippen molar-refractivity contribution in [2.75, 3.05) is 10.6 Å². The van der Waals surface area contributed by atoms with Crippen molar-refractivity contribution in [3.05, 3.63) is 65.5 Å². The molecule has 2 aromatic carbocycles. The zero-order valence-corrected chi connectivity index (χ0v) is 15.0. The van der Waals surface area contributed by atoms with Crippen LogP contribution >= 0.6 is 23.1 Å². The van der Waals surface area contributed by atoms with Crippen LogP contribution in [0.3, 0.4) is 0 Å². The number of hydrogen-bond acceptors (Lipinski definition) is 5. The number of carbonyl (C=O) groups excluding carboxylic acids is 1. The second kappa shape index (κ2) is 8.09. The van der Waals surface area contributed by atoms with E-state index in [1.54, 1.807) is 23.9 Å². The molecule has 2 amide bonds. The van der Waals surface area contributed by atoms with Crippen LogP contribution in [0.4, 0.5) is 20.0 Å². The summed E-state index contributed by atoms with van der Waals surface area (Å²) in [5.74, 6) is 0.285. The highest BCUT2D eigenvalue weighted by Crippen LogP contribution is 2.29. The molecule has 8 heteroatoms. The van der Waals surface area contributed by atoms with Crippen molar-refractivity contribution in [3.63, 3.8) is 0 Å². The van der Waals surface area contributed by atoms with E-state index < -0.39 is 11.8 Å². The molecule has 0 aliphatic carbocycles. The first-order valence-electron chi connectivity index (χ1n) is 7.45. The maximum atomic E-state index is 13.5. The zero-order valence-electron chi connectivity index (χ0n) is 13.3. The standard InChI is InChI=1S/C17H15FN4OS2/c1-11-6-2-3-7-12(11)10-24-17-22-21-16(25-17)20-15(23)19-14-9-5-4-8-13(14)18/h2-9H,10H2,1H3,(H2,19,20,21,23). The first-order chi connectivity index (χ1) is 12.1. The Morgan fingerprint density at radius 1 is 1.12 bits per heavy atom. The Kier molecular flexibility index (Phi) is 5.62. The number of thioether (sulfide) groups is 1. The average Bonchev–Trinajstić information content (AvgIpc) is 3.03. The van der Waals surface area contributed by atoms with E-state index in [0.717, 1.165) is 10.1 Å². The van der Waals surface area contributed by atoms with Crippen molar-refractivity contribution in [2.24, 2.45) is 0 Å². The predicted molar refractivity (Wildman–Crippen MR) is 99.7 cm³/mol. The van der Waals surface area contributed by atoms with Crippen molar-refractivity contribution in [1.29, 1.82) is 0 Å². The molecule has 0 radical (unpaired) electrons. The van der Waals surface area contributed by atoms with Crippen molar-refractivity contribution < 1.29 is 9.18 Å². The summed E-state index contributed by atoms with van der Waals surface area (Å²) in [5, 5.41) is 13.4. The number of carbonyl (C=O) groups is 1. The van der Waals surface area contributed by atoms with Gasteiger partial charge in [-0.1, -0.05) is 59.5 Å². The van der Waals surface area contributed by atoms with E-state index in [9.17, 15) is 9.18 Å². The zero-order chi connectivity index (χ0) is 17.6. The number of amides is 2. The molecular weight excluding hydrogens is 359 g/mol. The lowest BCUT2D eigenvalue weighted by Crippen LogP contribution is -2.19. The van der Waals surface area contributed by atoms with Crippen molar-refractivity contribution in [3.8, 4) is 0 Å². The van der Waals surface area contributed by atoms with Gasteiger partial charge in [-0.15, -0.1) is 10.2 Å². The van der Waals surface area contributed by atoms with Gasteiger partial charge < -0.3 is 5.32 Å². The quantitative estimate of drug-likeness (QED) is 0.491. The van der Waals surface area contributed by atoms with E-state index in [4.69, 9.17) is 0 Å². The number of benzene rings is 2. The Balaban J connectivity index is 1.55. The molecule has 0 aliphatic rings. The number of urea groups is 1. The Labute approximate surface area is 152 Å². The summed E-state index contributed by atoms with van der Waals surface area (Å²) in [6.07, 6.45) is 0. The van der Waals surface area contributed by atoms with Crippen molar-refractivity contribution >= 4 is 39.9 Å². The first-order valence-corrected chi connectivity index (χ1v) is 9.25. The van der Waals surface area contributed by atoms with Gasteiger partial charge in [-0.25, -0.2) is 9.18 Å². The summed E-state index contributed by atoms with van der Waals surface area (Å²) in [7, 11) is 0. The summed E-state index contributed by atoms with van der Waals surface area (Å²) in [4.78, 5) is 11.9. The molecule has 0 unspecified atom stereocenters. The molecule has 0 atom stereocenters. The van der Waals surface area contributed by atoms with Crippen LogP contribution in [0.15, 0.2) is 52.9 Å². The summed E-state index contributed by atoms with van der Waals surface area (Å²) in [6.45, 7) is 2.07. The van der Waals surface area contributed by atoms with E-state index in [1.165, 1.54) is 34.6 Å². The van der Waals surface area contributed by atoms with Crippen LogP contribution in [0.2, 0.25) is 0 Å². The molecule has 25 heavy (non-hydrogen) atoms. The number of halogens is 1. The number of anilines is 2. The molecule has 3 aromatic rings. The lowest BCUT2D eigenvalue weighted by atomic mass is 10.1. The largest absolute Gasteiger partial charge is 0.325 e. The van der Waals surface area contributed by atoms with Crippen LogP contribution in [-0.4, -0.2) is 16.2 Å². The fourth-order valence-electron chi connectivity index (χ4n) is 2.04. The summed E-state index contributed by atoms with van der Waals surface area (Å²) >= 11 is 2.83. The number of rotatable bonds is 5. The number of nitrogens with zero attached hydrogens (tertiary/aromatic N) is 2. The fourth-order valence-corrected chi connectivity index (χ4v) is 3.87. The molecule has 3 rings (SSSR count). The smallest absolute Gasteiger partial charge is 0.305 e. The molecule has 128 valence electrons. The lowest BCUT2D eigenvalue weighted by molar-refractivity contribution is 0.262. The van der Waals surface area contributed by atoms with Gasteiger partial charge in [0.25, 0.3) is 0 Å². The second-order valence-electron chi connectivity index (χ2n) is 5.15. The highest BCUT2D eigenvalue weighted by Gasteiger charge is 2.11. The highest BCUT2D eigenvalue weighted by molar-refractivity contribution is 8.00. The van der Waals surface area contributed by atoms with Gasteiger partial charge in [0.15, 0.2) is 4.34 Å². The third-order valence-electron chi connectivity index (χ3n) is 3.36. The topological polar surface area (TPSA) is 66.9 Å². The van der Waals surface area contributed by atoms with Crippen molar-refractivity contribution in [2.45, 2.75) is 17.0 Å². The minimum absolute atomic E-state index is 0.110. The number of aryl methyl sites for hydroxylation is 1.